The Kier molecular flexibility index (Phi) is 5.70. The minimum atomic E-state index is -0.985. The van der Waals surface area contributed by atoms with E-state index in [4.69, 9.17) is 11.6 Å². The second kappa shape index (κ2) is 8.05. The quantitative estimate of drug-likeness (QED) is 0.751. The molecule has 2 heterocycles. The van der Waals surface area contributed by atoms with Gasteiger partial charge in [0, 0.05) is 23.7 Å². The van der Waals surface area contributed by atoms with Gasteiger partial charge >= 0.3 is 0 Å². The van der Waals surface area contributed by atoms with Crippen molar-refractivity contribution in [1.82, 2.24) is 10.2 Å². The molecule has 4 rings (SSSR count). The summed E-state index contributed by atoms with van der Waals surface area (Å²) in [6.45, 7) is 0.371. The molecule has 0 radical (unpaired) electrons. The van der Waals surface area contributed by atoms with Crippen LogP contribution in [0.25, 0.3) is 0 Å². The van der Waals surface area contributed by atoms with E-state index in [0.717, 1.165) is 10.5 Å². The van der Waals surface area contributed by atoms with E-state index >= 15 is 0 Å². The molecule has 2 aromatic carbocycles. The SMILES string of the molecule is C.O=C1CCC(N2C(=O)c3cccc(NCc4ccccc4Cl)c3C2=O)C(=O)N1. The third kappa shape index (κ3) is 3.61. The number of hydrogen-bond acceptors (Lipinski definition) is 5. The van der Waals surface area contributed by atoms with Crippen LogP contribution in [0.5, 0.6) is 0 Å². The first-order valence-corrected chi connectivity index (χ1v) is 9.17. The number of imide groups is 2. The van der Waals surface area contributed by atoms with Gasteiger partial charge in [-0.3, -0.25) is 29.4 Å². The fourth-order valence-corrected chi connectivity index (χ4v) is 3.70. The Labute approximate surface area is 173 Å². The van der Waals surface area contributed by atoms with E-state index in [1.54, 1.807) is 24.3 Å². The molecule has 2 N–H and O–H groups in total. The molecule has 0 spiro atoms. The summed E-state index contributed by atoms with van der Waals surface area (Å²) in [6.07, 6.45) is 0.208. The van der Waals surface area contributed by atoms with Crippen LogP contribution in [0.15, 0.2) is 42.5 Å². The van der Waals surface area contributed by atoms with Crippen LogP contribution >= 0.6 is 11.6 Å². The van der Waals surface area contributed by atoms with Crippen LogP contribution in [-0.4, -0.2) is 34.6 Å². The van der Waals surface area contributed by atoms with Crippen molar-refractivity contribution < 1.29 is 19.2 Å². The van der Waals surface area contributed by atoms with Crippen LogP contribution < -0.4 is 10.6 Å². The molecular weight excluding hydrogens is 394 g/mol. The number of amides is 4. The molecule has 2 aromatic rings. The van der Waals surface area contributed by atoms with E-state index < -0.39 is 29.7 Å². The molecule has 2 aliphatic rings. The maximum absolute atomic E-state index is 13.0. The van der Waals surface area contributed by atoms with Crippen molar-refractivity contribution in [2.45, 2.75) is 32.9 Å². The van der Waals surface area contributed by atoms with E-state index in [1.807, 2.05) is 18.2 Å². The molecule has 0 aromatic heterocycles. The lowest BCUT2D eigenvalue weighted by Crippen LogP contribution is -2.54. The van der Waals surface area contributed by atoms with Crippen molar-refractivity contribution in [1.29, 1.82) is 0 Å². The molecule has 0 aliphatic carbocycles. The molecule has 7 nitrogen and oxygen atoms in total. The zero-order chi connectivity index (χ0) is 19.8. The summed E-state index contributed by atoms with van der Waals surface area (Å²) in [7, 11) is 0. The molecular formula is C21H20ClN3O4. The lowest BCUT2D eigenvalue weighted by Gasteiger charge is -2.27. The molecule has 0 saturated carbocycles. The monoisotopic (exact) mass is 413 g/mol. The van der Waals surface area contributed by atoms with Gasteiger partial charge in [-0.25, -0.2) is 0 Å². The van der Waals surface area contributed by atoms with Gasteiger partial charge in [-0.05, 0) is 30.2 Å². The van der Waals surface area contributed by atoms with Crippen LogP contribution in [0, 0.1) is 0 Å². The predicted octanol–water partition coefficient (Wildman–Crippen LogP) is 2.99. The van der Waals surface area contributed by atoms with Crippen molar-refractivity contribution >= 4 is 40.9 Å². The van der Waals surface area contributed by atoms with Crippen molar-refractivity contribution in [2.75, 3.05) is 5.32 Å². The minimum absolute atomic E-state index is 0. The maximum atomic E-state index is 13.0. The second-order valence-electron chi connectivity index (χ2n) is 6.62. The number of halogens is 1. The van der Waals surface area contributed by atoms with Gasteiger partial charge in [-0.2, -0.15) is 0 Å². The fraction of sp³-hybridized carbons (Fsp3) is 0.238. The number of carbonyl (C=O) groups is 4. The topological polar surface area (TPSA) is 95.6 Å². The number of hydrogen-bond donors (Lipinski definition) is 2. The summed E-state index contributed by atoms with van der Waals surface area (Å²) < 4.78 is 0. The Morgan fingerprint density at radius 1 is 1.03 bits per heavy atom. The summed E-state index contributed by atoms with van der Waals surface area (Å²) >= 11 is 6.17. The second-order valence-corrected chi connectivity index (χ2v) is 7.03. The van der Waals surface area contributed by atoms with Crippen LogP contribution in [0.4, 0.5) is 5.69 Å². The van der Waals surface area contributed by atoms with E-state index in [0.29, 0.717) is 17.3 Å². The number of rotatable bonds is 4. The average molecular weight is 414 g/mol. The summed E-state index contributed by atoms with van der Waals surface area (Å²) in [5.41, 5.74) is 1.80. The molecule has 150 valence electrons. The number of nitrogens with zero attached hydrogens (tertiary/aromatic N) is 1. The summed E-state index contributed by atoms with van der Waals surface area (Å²) in [4.78, 5) is 50.3. The zero-order valence-corrected chi connectivity index (χ0v) is 15.5. The van der Waals surface area contributed by atoms with Crippen LogP contribution in [0.3, 0.4) is 0 Å². The molecule has 1 fully saturated rings. The zero-order valence-electron chi connectivity index (χ0n) is 14.7. The highest BCUT2D eigenvalue weighted by Gasteiger charge is 2.45. The van der Waals surface area contributed by atoms with Gasteiger partial charge in [0.1, 0.15) is 6.04 Å². The Morgan fingerprint density at radius 3 is 2.52 bits per heavy atom. The minimum Gasteiger partial charge on any atom is -0.380 e. The standard InChI is InChI=1S/C20H16ClN3O4.CH4/c21-13-6-2-1-4-11(13)10-22-14-7-3-5-12-17(14)20(28)24(19(12)27)15-8-9-16(25)23-18(15)26;/h1-7,15,22H,8-10H2,(H,23,25,26);1H4. The highest BCUT2D eigenvalue weighted by molar-refractivity contribution is 6.31. The summed E-state index contributed by atoms with van der Waals surface area (Å²) in [5.74, 6) is -2.11. The van der Waals surface area contributed by atoms with E-state index in [2.05, 4.69) is 10.6 Å². The van der Waals surface area contributed by atoms with Gasteiger partial charge in [0.15, 0.2) is 0 Å². The average Bonchev–Trinajstić information content (AvgIpc) is 2.93. The third-order valence-electron chi connectivity index (χ3n) is 4.90. The first-order chi connectivity index (χ1) is 13.5. The smallest absolute Gasteiger partial charge is 0.264 e. The Bertz CT molecular complexity index is 1020. The van der Waals surface area contributed by atoms with Crippen LogP contribution in [-0.2, 0) is 16.1 Å². The third-order valence-corrected chi connectivity index (χ3v) is 5.26. The molecule has 8 heteroatoms. The lowest BCUT2D eigenvalue weighted by molar-refractivity contribution is -0.136. The molecule has 0 bridgehead atoms. The molecule has 1 saturated heterocycles. The maximum Gasteiger partial charge on any atom is 0.264 e. The Balaban J connectivity index is 0.00000240. The highest BCUT2D eigenvalue weighted by atomic mass is 35.5. The largest absolute Gasteiger partial charge is 0.380 e. The number of nitrogens with one attached hydrogen (secondary N) is 2. The molecule has 1 unspecified atom stereocenters. The predicted molar refractivity (Wildman–Crippen MR) is 109 cm³/mol. The van der Waals surface area contributed by atoms with Gasteiger partial charge in [-0.15, -0.1) is 0 Å². The van der Waals surface area contributed by atoms with Crippen molar-refractivity contribution in [3.05, 3.63) is 64.2 Å². The summed E-state index contributed by atoms with van der Waals surface area (Å²) in [5, 5.41) is 5.94. The number of anilines is 1. The van der Waals surface area contributed by atoms with E-state index in [1.165, 1.54) is 0 Å². The van der Waals surface area contributed by atoms with Crippen molar-refractivity contribution in [2.24, 2.45) is 0 Å². The first-order valence-electron chi connectivity index (χ1n) is 8.79. The van der Waals surface area contributed by atoms with Gasteiger partial charge in [0.05, 0.1) is 11.1 Å². The van der Waals surface area contributed by atoms with Crippen LogP contribution in [0.1, 0.15) is 46.5 Å². The molecule has 29 heavy (non-hydrogen) atoms. The van der Waals surface area contributed by atoms with Gasteiger partial charge < -0.3 is 5.32 Å². The van der Waals surface area contributed by atoms with Gasteiger partial charge in [0.25, 0.3) is 11.8 Å². The molecule has 4 amide bonds. The number of benzene rings is 2. The van der Waals surface area contributed by atoms with Crippen molar-refractivity contribution in [3.8, 4) is 0 Å². The van der Waals surface area contributed by atoms with Crippen molar-refractivity contribution in [3.63, 3.8) is 0 Å². The fourth-order valence-electron chi connectivity index (χ4n) is 3.49. The highest BCUT2D eigenvalue weighted by Crippen LogP contribution is 2.32. The number of fused-ring (bicyclic) bond motifs is 1. The van der Waals surface area contributed by atoms with Crippen LogP contribution in [0.2, 0.25) is 5.02 Å². The molecule has 1 atom stereocenters. The number of carbonyl (C=O) groups excluding carboxylic acids is 4. The van der Waals surface area contributed by atoms with E-state index in [-0.39, 0.29) is 31.4 Å². The normalized spacial score (nSPS) is 18.2. The Hall–Kier alpha value is -3.19. The van der Waals surface area contributed by atoms with Gasteiger partial charge in [0.2, 0.25) is 11.8 Å². The molecule has 2 aliphatic heterocycles. The van der Waals surface area contributed by atoms with E-state index in [9.17, 15) is 19.2 Å². The van der Waals surface area contributed by atoms with Gasteiger partial charge in [-0.1, -0.05) is 43.3 Å². The summed E-state index contributed by atoms with van der Waals surface area (Å²) in [6, 6.07) is 11.3. The number of piperidine rings is 1. The first kappa shape index (κ1) is 20.5. The Morgan fingerprint density at radius 2 is 1.79 bits per heavy atom. The lowest BCUT2D eigenvalue weighted by atomic mass is 10.0.